The van der Waals surface area contributed by atoms with E-state index in [1.165, 1.54) is 0 Å². The number of methoxy groups -OCH3 is 1. The third-order valence-electron chi connectivity index (χ3n) is 5.36. The van der Waals surface area contributed by atoms with Crippen LogP contribution in [-0.4, -0.2) is 53.0 Å². The van der Waals surface area contributed by atoms with Crippen LogP contribution in [0.25, 0.3) is 11.0 Å². The zero-order valence-electron chi connectivity index (χ0n) is 18.4. The number of likely N-dealkylation sites (N-methyl/N-ethyl adjacent to an activating group) is 1. The van der Waals surface area contributed by atoms with Crippen LogP contribution in [0.2, 0.25) is 0 Å². The van der Waals surface area contributed by atoms with Crippen LogP contribution in [0.5, 0.6) is 5.75 Å². The molecule has 0 radical (unpaired) electrons. The number of amides is 2. The first kappa shape index (κ1) is 22.3. The fraction of sp³-hybridized carbons (Fsp3) is 0.375. The molecule has 2 aromatic carbocycles. The van der Waals surface area contributed by atoms with Crippen molar-refractivity contribution >= 4 is 22.8 Å². The van der Waals surface area contributed by atoms with Gasteiger partial charge < -0.3 is 19.5 Å². The largest absolute Gasteiger partial charge is 0.497 e. The minimum atomic E-state index is -0.118. The third kappa shape index (κ3) is 5.42. The highest BCUT2D eigenvalue weighted by atomic mass is 16.5. The number of carbonyl (C=O) groups is 2. The molecule has 7 heteroatoms. The van der Waals surface area contributed by atoms with Gasteiger partial charge in [0.2, 0.25) is 5.91 Å². The number of para-hydroxylation sites is 2. The molecule has 31 heavy (non-hydrogen) atoms. The van der Waals surface area contributed by atoms with Crippen LogP contribution in [0.3, 0.4) is 0 Å². The van der Waals surface area contributed by atoms with E-state index in [0.717, 1.165) is 29.0 Å². The number of aryl methyl sites for hydroxylation is 1. The quantitative estimate of drug-likeness (QED) is 0.509. The number of aromatic nitrogens is 2. The molecule has 1 heterocycles. The second-order valence-corrected chi connectivity index (χ2v) is 7.26. The van der Waals surface area contributed by atoms with Crippen molar-refractivity contribution in [2.24, 2.45) is 0 Å². The number of hydrogen-bond acceptors (Lipinski definition) is 4. The average molecular weight is 423 g/mol. The number of imidazole rings is 1. The summed E-state index contributed by atoms with van der Waals surface area (Å²) in [6, 6.07) is 14.9. The second-order valence-electron chi connectivity index (χ2n) is 7.26. The monoisotopic (exact) mass is 422 g/mol. The fourth-order valence-electron chi connectivity index (χ4n) is 3.60. The minimum absolute atomic E-state index is 0.0854. The van der Waals surface area contributed by atoms with Crippen molar-refractivity contribution in [3.05, 3.63) is 59.9 Å². The average Bonchev–Trinajstić information content (AvgIpc) is 3.14. The molecule has 0 saturated heterocycles. The summed E-state index contributed by atoms with van der Waals surface area (Å²) in [5, 5.41) is 2.95. The summed E-state index contributed by atoms with van der Waals surface area (Å²) in [5.41, 5.74) is 2.44. The van der Waals surface area contributed by atoms with Gasteiger partial charge >= 0.3 is 0 Å². The molecule has 1 N–H and O–H groups in total. The maximum atomic E-state index is 12.7. The van der Waals surface area contributed by atoms with Crippen LogP contribution >= 0.6 is 0 Å². The van der Waals surface area contributed by atoms with Gasteiger partial charge in [0.05, 0.1) is 18.1 Å². The summed E-state index contributed by atoms with van der Waals surface area (Å²) in [4.78, 5) is 31.6. The lowest BCUT2D eigenvalue weighted by Gasteiger charge is -2.20. The molecule has 1 aromatic heterocycles. The molecule has 3 rings (SSSR count). The Morgan fingerprint density at radius 2 is 1.77 bits per heavy atom. The van der Waals surface area contributed by atoms with Crippen molar-refractivity contribution in [3.63, 3.8) is 0 Å². The Bertz CT molecular complexity index is 1020. The normalized spacial score (nSPS) is 10.8. The molecule has 0 fully saturated rings. The molecular formula is C24H30N4O3. The number of hydrogen-bond donors (Lipinski definition) is 1. The summed E-state index contributed by atoms with van der Waals surface area (Å²) < 4.78 is 7.12. The number of nitrogens with zero attached hydrogens (tertiary/aromatic N) is 3. The van der Waals surface area contributed by atoms with E-state index < -0.39 is 0 Å². The lowest BCUT2D eigenvalue weighted by Crippen LogP contribution is -2.33. The number of ether oxygens (including phenoxy) is 1. The number of benzene rings is 2. The van der Waals surface area contributed by atoms with Gasteiger partial charge in [-0.05, 0) is 56.7 Å². The van der Waals surface area contributed by atoms with E-state index in [2.05, 4.69) is 5.32 Å². The molecule has 0 aliphatic rings. The van der Waals surface area contributed by atoms with Crippen LogP contribution in [0.15, 0.2) is 48.5 Å². The van der Waals surface area contributed by atoms with Crippen LogP contribution in [0, 0.1) is 0 Å². The van der Waals surface area contributed by atoms with E-state index in [9.17, 15) is 9.59 Å². The first-order chi connectivity index (χ1) is 15.1. The first-order valence-electron chi connectivity index (χ1n) is 10.7. The van der Waals surface area contributed by atoms with E-state index in [-0.39, 0.29) is 18.4 Å². The predicted molar refractivity (Wildman–Crippen MR) is 121 cm³/mol. The topological polar surface area (TPSA) is 76.5 Å². The van der Waals surface area contributed by atoms with Gasteiger partial charge in [-0.1, -0.05) is 12.1 Å². The van der Waals surface area contributed by atoms with Gasteiger partial charge in [0.15, 0.2) is 0 Å². The SMILES string of the molecule is CCN(CC)C(=O)Cn1c(CCCNC(=O)c2ccc(OC)cc2)nc2ccccc21. The highest BCUT2D eigenvalue weighted by Gasteiger charge is 2.16. The smallest absolute Gasteiger partial charge is 0.251 e. The summed E-state index contributed by atoms with van der Waals surface area (Å²) >= 11 is 0. The number of rotatable bonds is 10. The molecule has 3 aromatic rings. The van der Waals surface area contributed by atoms with Gasteiger partial charge in [0.25, 0.3) is 5.91 Å². The summed E-state index contributed by atoms with van der Waals surface area (Å²) in [5.74, 6) is 1.55. The van der Waals surface area contributed by atoms with E-state index in [0.29, 0.717) is 31.6 Å². The standard InChI is InChI=1S/C24H30N4O3/c1-4-27(5-2)23(29)17-28-21-10-7-6-9-20(21)26-22(28)11-8-16-25-24(30)18-12-14-19(31-3)15-13-18/h6-7,9-10,12-15H,4-5,8,11,16-17H2,1-3H3,(H,25,30). The number of fused-ring (bicyclic) bond motifs is 1. The van der Waals surface area contributed by atoms with Crippen LogP contribution in [-0.2, 0) is 17.8 Å². The fourth-order valence-corrected chi connectivity index (χ4v) is 3.60. The summed E-state index contributed by atoms with van der Waals surface area (Å²) in [7, 11) is 1.60. The maximum Gasteiger partial charge on any atom is 0.251 e. The van der Waals surface area contributed by atoms with Crippen molar-refractivity contribution in [2.45, 2.75) is 33.2 Å². The summed E-state index contributed by atoms with van der Waals surface area (Å²) in [6.07, 6.45) is 1.40. The lowest BCUT2D eigenvalue weighted by atomic mass is 10.2. The second kappa shape index (κ2) is 10.6. The molecular weight excluding hydrogens is 392 g/mol. The number of nitrogens with one attached hydrogen (secondary N) is 1. The van der Waals surface area contributed by atoms with E-state index in [4.69, 9.17) is 9.72 Å². The maximum absolute atomic E-state index is 12.7. The van der Waals surface area contributed by atoms with Crippen LogP contribution < -0.4 is 10.1 Å². The van der Waals surface area contributed by atoms with E-state index in [1.807, 2.05) is 47.6 Å². The molecule has 0 atom stereocenters. The van der Waals surface area contributed by atoms with Crippen LogP contribution in [0.4, 0.5) is 0 Å². The zero-order valence-corrected chi connectivity index (χ0v) is 18.4. The molecule has 0 aliphatic carbocycles. The third-order valence-corrected chi connectivity index (χ3v) is 5.36. The molecule has 164 valence electrons. The Balaban J connectivity index is 1.64. The molecule has 2 amide bonds. The van der Waals surface area contributed by atoms with Gasteiger partial charge in [0, 0.05) is 31.6 Å². The Kier molecular flexibility index (Phi) is 7.65. The molecule has 0 saturated carbocycles. The van der Waals surface area contributed by atoms with Crippen molar-refractivity contribution in [3.8, 4) is 5.75 Å². The Hall–Kier alpha value is -3.35. The van der Waals surface area contributed by atoms with Gasteiger partial charge in [0.1, 0.15) is 18.1 Å². The molecule has 0 bridgehead atoms. The van der Waals surface area contributed by atoms with Gasteiger partial charge in [-0.15, -0.1) is 0 Å². The van der Waals surface area contributed by atoms with Crippen molar-refractivity contribution in [1.29, 1.82) is 0 Å². The van der Waals surface area contributed by atoms with Gasteiger partial charge in [-0.25, -0.2) is 4.98 Å². The Labute approximate surface area is 183 Å². The minimum Gasteiger partial charge on any atom is -0.497 e. The predicted octanol–water partition coefficient (Wildman–Crippen LogP) is 3.28. The highest BCUT2D eigenvalue weighted by Crippen LogP contribution is 2.18. The summed E-state index contributed by atoms with van der Waals surface area (Å²) in [6.45, 7) is 6.15. The first-order valence-corrected chi connectivity index (χ1v) is 10.7. The lowest BCUT2D eigenvalue weighted by molar-refractivity contribution is -0.131. The highest BCUT2D eigenvalue weighted by molar-refractivity contribution is 5.94. The van der Waals surface area contributed by atoms with Gasteiger partial charge in [-0.2, -0.15) is 0 Å². The molecule has 0 unspecified atom stereocenters. The Morgan fingerprint density at radius 1 is 1.06 bits per heavy atom. The Morgan fingerprint density at radius 3 is 2.45 bits per heavy atom. The van der Waals surface area contributed by atoms with Crippen molar-refractivity contribution in [1.82, 2.24) is 19.8 Å². The number of carbonyl (C=O) groups excluding carboxylic acids is 2. The van der Waals surface area contributed by atoms with Crippen LogP contribution in [0.1, 0.15) is 36.5 Å². The molecule has 0 aliphatic heterocycles. The van der Waals surface area contributed by atoms with Gasteiger partial charge in [-0.3, -0.25) is 9.59 Å². The van der Waals surface area contributed by atoms with Crippen molar-refractivity contribution < 1.29 is 14.3 Å². The zero-order chi connectivity index (χ0) is 22.2. The van der Waals surface area contributed by atoms with E-state index in [1.54, 1.807) is 31.4 Å². The van der Waals surface area contributed by atoms with Crippen molar-refractivity contribution in [2.75, 3.05) is 26.7 Å². The molecule has 0 spiro atoms. The van der Waals surface area contributed by atoms with E-state index >= 15 is 0 Å². The molecule has 7 nitrogen and oxygen atoms in total.